The number of aliphatic hydroxyl groups is 1. The molecular weight excluding hydrogens is 236 g/mol. The van der Waals surface area contributed by atoms with Crippen LogP contribution >= 0.6 is 0 Å². The summed E-state index contributed by atoms with van der Waals surface area (Å²) < 4.78 is 0. The van der Waals surface area contributed by atoms with Crippen molar-refractivity contribution in [2.75, 3.05) is 18.4 Å². The van der Waals surface area contributed by atoms with Crippen molar-refractivity contribution >= 4 is 5.69 Å². The highest BCUT2D eigenvalue weighted by molar-refractivity contribution is 5.61. The minimum absolute atomic E-state index is 0.0437. The largest absolute Gasteiger partial charge is 0.393 e. The van der Waals surface area contributed by atoms with Crippen molar-refractivity contribution in [2.45, 2.75) is 44.8 Å². The van der Waals surface area contributed by atoms with Gasteiger partial charge < -0.3 is 15.7 Å². The maximum absolute atomic E-state index is 9.51. The second-order valence-corrected chi connectivity index (χ2v) is 5.93. The van der Waals surface area contributed by atoms with Crippen molar-refractivity contribution in [1.82, 2.24) is 5.32 Å². The Morgan fingerprint density at radius 1 is 1.21 bits per heavy atom. The molecular formula is C16H24N2O. The summed E-state index contributed by atoms with van der Waals surface area (Å²) in [7, 11) is 0. The Balaban J connectivity index is 1.49. The Hall–Kier alpha value is -1.06. The zero-order valence-corrected chi connectivity index (χ0v) is 11.5. The van der Waals surface area contributed by atoms with Crippen molar-refractivity contribution in [3.8, 4) is 0 Å². The second kappa shape index (κ2) is 5.93. The lowest BCUT2D eigenvalue weighted by molar-refractivity contribution is 0.108. The highest BCUT2D eigenvalue weighted by Gasteiger charge is 2.19. The lowest BCUT2D eigenvalue weighted by atomic mass is 9.87. The average Bonchev–Trinajstić information content (AvgIpc) is 2.90. The normalized spacial score (nSPS) is 25.9. The Labute approximate surface area is 115 Å². The number of para-hydroxylation sites is 1. The smallest absolute Gasteiger partial charge is 0.0540 e. The highest BCUT2D eigenvalue weighted by Crippen LogP contribution is 2.27. The van der Waals surface area contributed by atoms with Crippen LogP contribution in [0.2, 0.25) is 0 Å². The fraction of sp³-hybridized carbons (Fsp3) is 0.625. The molecule has 0 spiro atoms. The molecule has 1 aromatic rings. The first-order chi connectivity index (χ1) is 9.33. The van der Waals surface area contributed by atoms with E-state index in [1.54, 1.807) is 0 Å². The van der Waals surface area contributed by atoms with E-state index in [1.807, 2.05) is 0 Å². The van der Waals surface area contributed by atoms with Crippen LogP contribution in [0.4, 0.5) is 5.69 Å². The molecule has 0 unspecified atom stereocenters. The van der Waals surface area contributed by atoms with Crippen molar-refractivity contribution in [1.29, 1.82) is 0 Å². The van der Waals surface area contributed by atoms with E-state index < -0.39 is 0 Å². The number of hydrogen-bond acceptors (Lipinski definition) is 3. The van der Waals surface area contributed by atoms with Crippen LogP contribution in [0, 0.1) is 5.92 Å². The molecule has 1 aromatic carbocycles. The van der Waals surface area contributed by atoms with Crippen molar-refractivity contribution in [2.24, 2.45) is 5.92 Å². The van der Waals surface area contributed by atoms with Gasteiger partial charge in [0.2, 0.25) is 0 Å². The fourth-order valence-corrected chi connectivity index (χ4v) is 3.32. The number of aliphatic hydroxyl groups excluding tert-OH is 1. The second-order valence-electron chi connectivity index (χ2n) is 5.93. The zero-order valence-electron chi connectivity index (χ0n) is 11.5. The summed E-state index contributed by atoms with van der Waals surface area (Å²) >= 11 is 0. The van der Waals surface area contributed by atoms with Crippen LogP contribution in [0.3, 0.4) is 0 Å². The maximum atomic E-state index is 9.51. The number of benzene rings is 1. The van der Waals surface area contributed by atoms with Gasteiger partial charge in [0.15, 0.2) is 0 Å². The standard InChI is InChI=1S/C16H24N2O/c19-15-6-4-12(5-7-15)10-17-11-14-3-1-2-13-8-9-18-16(13)14/h1-3,12,15,17-19H,4-11H2. The molecule has 0 atom stereocenters. The number of fused-ring (bicyclic) bond motifs is 1. The average molecular weight is 260 g/mol. The molecule has 0 bridgehead atoms. The van der Waals surface area contributed by atoms with Gasteiger partial charge in [0.25, 0.3) is 0 Å². The van der Waals surface area contributed by atoms with Crippen LogP contribution < -0.4 is 10.6 Å². The van der Waals surface area contributed by atoms with Crippen molar-refractivity contribution < 1.29 is 5.11 Å². The first kappa shape index (κ1) is 12.9. The third-order valence-corrected chi connectivity index (χ3v) is 4.50. The number of rotatable bonds is 4. The van der Waals surface area contributed by atoms with Gasteiger partial charge in [-0.05, 0) is 55.7 Å². The number of anilines is 1. The van der Waals surface area contributed by atoms with Gasteiger partial charge in [-0.1, -0.05) is 18.2 Å². The molecule has 3 rings (SSSR count). The molecule has 0 amide bonds. The summed E-state index contributed by atoms with van der Waals surface area (Å²) in [5.74, 6) is 0.744. The molecule has 0 radical (unpaired) electrons. The molecule has 3 N–H and O–H groups in total. The van der Waals surface area contributed by atoms with Gasteiger partial charge in [-0.3, -0.25) is 0 Å². The third kappa shape index (κ3) is 3.10. The summed E-state index contributed by atoms with van der Waals surface area (Å²) in [6.07, 6.45) is 5.41. The molecule has 2 aliphatic rings. The summed E-state index contributed by atoms with van der Waals surface area (Å²) in [6.45, 7) is 3.11. The molecule has 3 nitrogen and oxygen atoms in total. The van der Waals surface area contributed by atoms with Crippen LogP contribution in [0.15, 0.2) is 18.2 Å². The van der Waals surface area contributed by atoms with Gasteiger partial charge in [-0.15, -0.1) is 0 Å². The predicted molar refractivity (Wildman–Crippen MR) is 78.3 cm³/mol. The molecule has 1 aliphatic carbocycles. The van der Waals surface area contributed by atoms with Gasteiger partial charge in [0, 0.05) is 18.8 Å². The Morgan fingerprint density at radius 3 is 2.89 bits per heavy atom. The number of hydrogen-bond donors (Lipinski definition) is 3. The molecule has 19 heavy (non-hydrogen) atoms. The maximum Gasteiger partial charge on any atom is 0.0540 e. The van der Waals surface area contributed by atoms with Gasteiger partial charge >= 0.3 is 0 Å². The van der Waals surface area contributed by atoms with E-state index in [4.69, 9.17) is 0 Å². The van der Waals surface area contributed by atoms with E-state index >= 15 is 0 Å². The first-order valence-corrected chi connectivity index (χ1v) is 7.56. The topological polar surface area (TPSA) is 44.3 Å². The van der Waals surface area contributed by atoms with Gasteiger partial charge in [0.1, 0.15) is 0 Å². The van der Waals surface area contributed by atoms with E-state index in [9.17, 15) is 5.11 Å². The Bertz CT molecular complexity index is 425. The molecule has 1 aliphatic heterocycles. The molecule has 0 aromatic heterocycles. The minimum Gasteiger partial charge on any atom is -0.393 e. The van der Waals surface area contributed by atoms with Gasteiger partial charge in [-0.25, -0.2) is 0 Å². The lowest BCUT2D eigenvalue weighted by Gasteiger charge is -2.25. The van der Waals surface area contributed by atoms with E-state index in [1.165, 1.54) is 29.7 Å². The van der Waals surface area contributed by atoms with E-state index in [-0.39, 0.29) is 6.10 Å². The summed E-state index contributed by atoms with van der Waals surface area (Å²) in [5.41, 5.74) is 4.21. The van der Waals surface area contributed by atoms with Crippen LogP contribution in [-0.4, -0.2) is 24.3 Å². The molecule has 0 saturated heterocycles. The molecule has 3 heteroatoms. The van der Waals surface area contributed by atoms with E-state index in [0.29, 0.717) is 0 Å². The molecule has 1 saturated carbocycles. The van der Waals surface area contributed by atoms with Crippen molar-refractivity contribution in [3.63, 3.8) is 0 Å². The van der Waals surface area contributed by atoms with Gasteiger partial charge in [0.05, 0.1) is 6.10 Å². The van der Waals surface area contributed by atoms with E-state index in [0.717, 1.165) is 44.8 Å². The fourth-order valence-electron chi connectivity index (χ4n) is 3.32. The van der Waals surface area contributed by atoms with Crippen LogP contribution in [0.1, 0.15) is 36.8 Å². The first-order valence-electron chi connectivity index (χ1n) is 7.56. The lowest BCUT2D eigenvalue weighted by Crippen LogP contribution is -2.27. The number of nitrogens with one attached hydrogen (secondary N) is 2. The van der Waals surface area contributed by atoms with Crippen LogP contribution in [0.25, 0.3) is 0 Å². The third-order valence-electron chi connectivity index (χ3n) is 4.50. The summed E-state index contributed by atoms with van der Waals surface area (Å²) in [4.78, 5) is 0. The zero-order chi connectivity index (χ0) is 13.1. The van der Waals surface area contributed by atoms with Gasteiger partial charge in [-0.2, -0.15) is 0 Å². The quantitative estimate of drug-likeness (QED) is 0.778. The summed E-state index contributed by atoms with van der Waals surface area (Å²) in [5, 5.41) is 16.6. The van der Waals surface area contributed by atoms with E-state index in [2.05, 4.69) is 28.8 Å². The Kier molecular flexibility index (Phi) is 4.04. The molecule has 1 heterocycles. The van der Waals surface area contributed by atoms with Crippen LogP contribution in [-0.2, 0) is 13.0 Å². The van der Waals surface area contributed by atoms with Crippen LogP contribution in [0.5, 0.6) is 0 Å². The molecule has 1 fully saturated rings. The summed E-state index contributed by atoms with van der Waals surface area (Å²) in [6, 6.07) is 6.61. The SMILES string of the molecule is OC1CCC(CNCc2cccc3c2NCC3)CC1. The monoisotopic (exact) mass is 260 g/mol. The highest BCUT2D eigenvalue weighted by atomic mass is 16.3. The van der Waals surface area contributed by atoms with Crippen molar-refractivity contribution in [3.05, 3.63) is 29.3 Å². The predicted octanol–water partition coefficient (Wildman–Crippen LogP) is 2.30. The minimum atomic E-state index is -0.0437. The Morgan fingerprint density at radius 2 is 2.05 bits per heavy atom. The molecule has 104 valence electrons.